The summed E-state index contributed by atoms with van der Waals surface area (Å²) in [6.07, 6.45) is 6.50. The predicted octanol–water partition coefficient (Wildman–Crippen LogP) is 7.43. The van der Waals surface area contributed by atoms with Crippen LogP contribution in [0.15, 0.2) is 41.0 Å². The second kappa shape index (κ2) is 10.3. The van der Waals surface area contributed by atoms with Crippen LogP contribution in [0.4, 0.5) is 0 Å². The number of halogens is 2. The van der Waals surface area contributed by atoms with Crippen molar-refractivity contribution in [3.63, 3.8) is 0 Å². The highest BCUT2D eigenvalue weighted by molar-refractivity contribution is 6.36. The Labute approximate surface area is 193 Å². The van der Waals surface area contributed by atoms with E-state index in [2.05, 4.69) is 12.2 Å². The van der Waals surface area contributed by atoms with E-state index >= 15 is 0 Å². The summed E-state index contributed by atoms with van der Waals surface area (Å²) in [5, 5.41) is 4.96. The van der Waals surface area contributed by atoms with Gasteiger partial charge in [-0.3, -0.25) is 4.79 Å². The lowest BCUT2D eigenvalue weighted by atomic mass is 9.96. The summed E-state index contributed by atoms with van der Waals surface area (Å²) >= 11 is 12.5. The topological polar surface area (TPSA) is 51.5 Å². The highest BCUT2D eigenvalue weighted by Gasteiger charge is 2.19. The molecule has 0 fully saturated rings. The zero-order valence-corrected chi connectivity index (χ0v) is 19.8. The van der Waals surface area contributed by atoms with E-state index in [4.69, 9.17) is 32.4 Å². The first kappa shape index (κ1) is 23.2. The van der Waals surface area contributed by atoms with Crippen LogP contribution in [0.3, 0.4) is 0 Å². The van der Waals surface area contributed by atoms with Gasteiger partial charge in [0.05, 0.1) is 18.4 Å². The number of fused-ring (bicyclic) bond motifs is 1. The average molecular weight is 460 g/mol. The zero-order valence-electron chi connectivity index (χ0n) is 18.3. The Kier molecular flexibility index (Phi) is 7.69. The normalized spacial score (nSPS) is 11.7. The zero-order chi connectivity index (χ0) is 22.5. The number of carbonyl (C=O) groups excluding carboxylic acids is 1. The molecule has 0 aliphatic heterocycles. The molecule has 6 heteroatoms. The molecule has 0 unspecified atom stereocenters. The van der Waals surface area contributed by atoms with Crippen molar-refractivity contribution in [1.29, 1.82) is 0 Å². The molecule has 0 saturated carbocycles. The minimum atomic E-state index is -0.110. The molecule has 4 nitrogen and oxygen atoms in total. The van der Waals surface area contributed by atoms with Crippen LogP contribution in [-0.4, -0.2) is 19.6 Å². The van der Waals surface area contributed by atoms with Gasteiger partial charge in [0, 0.05) is 45.3 Å². The maximum Gasteiger partial charge on any atom is 0.244 e. The first-order valence-corrected chi connectivity index (χ1v) is 11.1. The van der Waals surface area contributed by atoms with Gasteiger partial charge in [0.2, 0.25) is 5.91 Å². The number of nitrogens with one attached hydrogen (secondary N) is 1. The third kappa shape index (κ3) is 5.08. The molecule has 3 aromatic rings. The van der Waals surface area contributed by atoms with E-state index in [1.165, 1.54) is 0 Å². The molecule has 0 spiro atoms. The van der Waals surface area contributed by atoms with Crippen molar-refractivity contribution in [1.82, 2.24) is 5.32 Å². The standard InChI is InChI=1S/C25H27Cl2NO3/c1-5-6-7-10-28-23(29)11-15(2)19-13-20-21(18-9-8-17(26)12-22(18)27)14-31-25(20)16(3)24(19)30-4/h8-9,11-14H,5-7,10H2,1-4H3,(H,28,29)/b15-11+. The number of hydrogen-bond acceptors (Lipinski definition) is 3. The molecule has 0 atom stereocenters. The molecular weight excluding hydrogens is 433 g/mol. The molecular formula is C25H27Cl2NO3. The summed E-state index contributed by atoms with van der Waals surface area (Å²) in [6.45, 7) is 6.66. The Hall–Kier alpha value is -2.43. The number of hydrogen-bond donors (Lipinski definition) is 1. The fourth-order valence-corrected chi connectivity index (χ4v) is 4.21. The number of unbranched alkanes of at least 4 members (excludes halogenated alkanes) is 2. The first-order valence-electron chi connectivity index (χ1n) is 10.4. The van der Waals surface area contributed by atoms with Gasteiger partial charge in [0.25, 0.3) is 0 Å². The number of furan rings is 1. The molecule has 1 heterocycles. The fourth-order valence-electron chi connectivity index (χ4n) is 3.70. The molecule has 1 aromatic heterocycles. The minimum absolute atomic E-state index is 0.110. The van der Waals surface area contributed by atoms with Crippen molar-refractivity contribution in [2.24, 2.45) is 0 Å². The first-order chi connectivity index (χ1) is 14.9. The lowest BCUT2D eigenvalue weighted by Crippen LogP contribution is -2.22. The van der Waals surface area contributed by atoms with E-state index in [0.717, 1.165) is 58.1 Å². The van der Waals surface area contributed by atoms with E-state index in [-0.39, 0.29) is 5.91 Å². The average Bonchev–Trinajstić information content (AvgIpc) is 3.15. The molecule has 164 valence electrons. The van der Waals surface area contributed by atoms with Crippen LogP contribution in [0, 0.1) is 6.92 Å². The lowest BCUT2D eigenvalue weighted by Gasteiger charge is -2.13. The Morgan fingerprint density at radius 2 is 1.97 bits per heavy atom. The Morgan fingerprint density at radius 3 is 2.65 bits per heavy atom. The minimum Gasteiger partial charge on any atom is -0.496 e. The third-order valence-corrected chi connectivity index (χ3v) is 5.87. The van der Waals surface area contributed by atoms with Crippen LogP contribution in [0.25, 0.3) is 27.7 Å². The molecule has 1 amide bonds. The maximum atomic E-state index is 12.4. The summed E-state index contributed by atoms with van der Waals surface area (Å²) in [5.41, 5.74) is 4.92. The Morgan fingerprint density at radius 1 is 1.19 bits per heavy atom. The van der Waals surface area contributed by atoms with Gasteiger partial charge in [-0.15, -0.1) is 0 Å². The largest absolute Gasteiger partial charge is 0.496 e. The highest BCUT2D eigenvalue weighted by Crippen LogP contribution is 2.42. The van der Waals surface area contributed by atoms with Crippen LogP contribution in [0.1, 0.15) is 44.2 Å². The van der Waals surface area contributed by atoms with Gasteiger partial charge in [0.1, 0.15) is 11.3 Å². The number of ether oxygens (including phenoxy) is 1. The monoisotopic (exact) mass is 459 g/mol. The SMILES string of the molecule is CCCCCNC(=O)/C=C(\C)c1cc2c(-c3ccc(Cl)cc3Cl)coc2c(C)c1OC. The van der Waals surface area contributed by atoms with Crippen molar-refractivity contribution in [2.45, 2.75) is 40.0 Å². The summed E-state index contributed by atoms with van der Waals surface area (Å²) < 4.78 is 11.6. The second-order valence-electron chi connectivity index (χ2n) is 7.56. The predicted molar refractivity (Wildman–Crippen MR) is 129 cm³/mol. The van der Waals surface area contributed by atoms with Crippen molar-refractivity contribution in [3.05, 3.63) is 57.8 Å². The van der Waals surface area contributed by atoms with Crippen LogP contribution < -0.4 is 10.1 Å². The third-order valence-electron chi connectivity index (χ3n) is 5.32. The van der Waals surface area contributed by atoms with E-state index in [1.807, 2.05) is 26.0 Å². The molecule has 1 N–H and O–H groups in total. The molecule has 31 heavy (non-hydrogen) atoms. The van der Waals surface area contributed by atoms with Crippen LogP contribution in [0.2, 0.25) is 10.0 Å². The summed E-state index contributed by atoms with van der Waals surface area (Å²) in [4.78, 5) is 12.4. The van der Waals surface area contributed by atoms with Crippen molar-refractivity contribution in [2.75, 3.05) is 13.7 Å². The van der Waals surface area contributed by atoms with Gasteiger partial charge in [-0.1, -0.05) is 49.0 Å². The summed E-state index contributed by atoms with van der Waals surface area (Å²) in [6, 6.07) is 7.37. The Bertz CT molecular complexity index is 1130. The van der Waals surface area contributed by atoms with Gasteiger partial charge in [-0.2, -0.15) is 0 Å². The molecule has 0 saturated heterocycles. The highest BCUT2D eigenvalue weighted by atomic mass is 35.5. The van der Waals surface area contributed by atoms with E-state index in [1.54, 1.807) is 31.6 Å². The number of aryl methyl sites for hydroxylation is 1. The molecule has 0 radical (unpaired) electrons. The maximum absolute atomic E-state index is 12.4. The smallest absolute Gasteiger partial charge is 0.244 e. The summed E-state index contributed by atoms with van der Waals surface area (Å²) in [7, 11) is 1.62. The van der Waals surface area contributed by atoms with Gasteiger partial charge in [0.15, 0.2) is 0 Å². The second-order valence-corrected chi connectivity index (χ2v) is 8.40. The number of rotatable bonds is 8. The van der Waals surface area contributed by atoms with Crippen molar-refractivity contribution >= 4 is 45.7 Å². The molecule has 0 aliphatic rings. The van der Waals surface area contributed by atoms with Crippen LogP contribution >= 0.6 is 23.2 Å². The number of allylic oxidation sites excluding steroid dienone is 1. The van der Waals surface area contributed by atoms with Crippen LogP contribution in [-0.2, 0) is 4.79 Å². The summed E-state index contributed by atoms with van der Waals surface area (Å²) in [5.74, 6) is 0.574. The number of benzene rings is 2. The van der Waals surface area contributed by atoms with E-state index < -0.39 is 0 Å². The van der Waals surface area contributed by atoms with E-state index in [0.29, 0.717) is 22.3 Å². The van der Waals surface area contributed by atoms with Gasteiger partial charge in [-0.05, 0) is 44.0 Å². The number of carbonyl (C=O) groups is 1. The molecule has 2 aromatic carbocycles. The van der Waals surface area contributed by atoms with Crippen molar-refractivity contribution < 1.29 is 13.9 Å². The quantitative estimate of drug-likeness (QED) is 0.281. The van der Waals surface area contributed by atoms with E-state index in [9.17, 15) is 4.79 Å². The fraction of sp³-hybridized carbons (Fsp3) is 0.320. The Balaban J connectivity index is 2.05. The van der Waals surface area contributed by atoms with Gasteiger partial charge < -0.3 is 14.5 Å². The van der Waals surface area contributed by atoms with Crippen LogP contribution in [0.5, 0.6) is 5.75 Å². The number of methoxy groups -OCH3 is 1. The van der Waals surface area contributed by atoms with Gasteiger partial charge in [-0.25, -0.2) is 0 Å². The lowest BCUT2D eigenvalue weighted by molar-refractivity contribution is -0.116. The molecule has 0 aliphatic carbocycles. The molecule has 0 bridgehead atoms. The van der Waals surface area contributed by atoms with Gasteiger partial charge >= 0.3 is 0 Å². The number of amides is 1. The molecule has 3 rings (SSSR count). The van der Waals surface area contributed by atoms with Crippen molar-refractivity contribution in [3.8, 4) is 16.9 Å².